The van der Waals surface area contributed by atoms with E-state index < -0.39 is 4.92 Å². The highest BCUT2D eigenvalue weighted by Crippen LogP contribution is 2.17. The molecule has 1 heterocycles. The number of non-ortho nitro benzene ring substituents is 1. The van der Waals surface area contributed by atoms with E-state index in [0.29, 0.717) is 5.56 Å². The molecule has 0 fully saturated rings. The Labute approximate surface area is 120 Å². The van der Waals surface area contributed by atoms with Crippen molar-refractivity contribution in [2.45, 2.75) is 6.54 Å². The predicted molar refractivity (Wildman–Crippen MR) is 79.4 cm³/mol. The molecule has 0 spiro atoms. The fraction of sp³-hybridized carbons (Fsp3) is 0.0625. The summed E-state index contributed by atoms with van der Waals surface area (Å²) in [5.41, 5.74) is 1.45. The van der Waals surface area contributed by atoms with E-state index in [1.807, 2.05) is 41.1 Å². The summed E-state index contributed by atoms with van der Waals surface area (Å²) in [7, 11) is 0. The second-order valence-corrected chi connectivity index (χ2v) is 4.73. The summed E-state index contributed by atoms with van der Waals surface area (Å²) in [6, 6.07) is 15.5. The van der Waals surface area contributed by atoms with E-state index in [-0.39, 0.29) is 18.0 Å². The molecule has 0 aliphatic rings. The van der Waals surface area contributed by atoms with E-state index in [1.54, 1.807) is 0 Å². The van der Waals surface area contributed by atoms with Crippen LogP contribution < -0.4 is 0 Å². The van der Waals surface area contributed by atoms with E-state index in [2.05, 4.69) is 0 Å². The molecule has 5 nitrogen and oxygen atoms in total. The number of ketones is 1. The molecule has 3 rings (SSSR count). The molecule has 104 valence electrons. The maximum atomic E-state index is 12.2. The Balaban J connectivity index is 1.84. The Morgan fingerprint density at radius 3 is 2.48 bits per heavy atom. The van der Waals surface area contributed by atoms with Gasteiger partial charge in [0.1, 0.15) is 0 Å². The fourth-order valence-electron chi connectivity index (χ4n) is 2.29. The van der Waals surface area contributed by atoms with E-state index >= 15 is 0 Å². The van der Waals surface area contributed by atoms with Crippen molar-refractivity contribution in [2.24, 2.45) is 0 Å². The van der Waals surface area contributed by atoms with Crippen LogP contribution in [0.25, 0.3) is 10.9 Å². The van der Waals surface area contributed by atoms with Crippen molar-refractivity contribution >= 4 is 22.4 Å². The zero-order chi connectivity index (χ0) is 14.8. The Kier molecular flexibility index (Phi) is 3.23. The van der Waals surface area contributed by atoms with Gasteiger partial charge in [0.15, 0.2) is 5.78 Å². The molecule has 0 unspecified atom stereocenters. The summed E-state index contributed by atoms with van der Waals surface area (Å²) >= 11 is 0. The first-order valence-corrected chi connectivity index (χ1v) is 6.47. The fourth-order valence-corrected chi connectivity index (χ4v) is 2.29. The molecule has 0 saturated carbocycles. The van der Waals surface area contributed by atoms with Crippen LogP contribution in [-0.2, 0) is 6.54 Å². The molecular weight excluding hydrogens is 268 g/mol. The zero-order valence-corrected chi connectivity index (χ0v) is 11.1. The van der Waals surface area contributed by atoms with Gasteiger partial charge in [-0.1, -0.05) is 18.2 Å². The minimum atomic E-state index is -0.478. The largest absolute Gasteiger partial charge is 0.340 e. The number of carbonyl (C=O) groups is 1. The molecule has 1 aromatic heterocycles. The number of para-hydroxylation sites is 1. The van der Waals surface area contributed by atoms with Crippen molar-refractivity contribution in [1.29, 1.82) is 0 Å². The van der Waals surface area contributed by atoms with Crippen LogP contribution in [0.4, 0.5) is 5.69 Å². The number of nitro benzene ring substituents is 1. The molecule has 0 aliphatic carbocycles. The van der Waals surface area contributed by atoms with Gasteiger partial charge in [0.05, 0.1) is 11.5 Å². The molecule has 0 aliphatic heterocycles. The normalized spacial score (nSPS) is 10.7. The van der Waals surface area contributed by atoms with Crippen molar-refractivity contribution in [3.63, 3.8) is 0 Å². The van der Waals surface area contributed by atoms with Gasteiger partial charge in [-0.15, -0.1) is 0 Å². The lowest BCUT2D eigenvalue weighted by molar-refractivity contribution is -0.384. The maximum Gasteiger partial charge on any atom is 0.269 e. The summed E-state index contributed by atoms with van der Waals surface area (Å²) in [5, 5.41) is 11.7. The summed E-state index contributed by atoms with van der Waals surface area (Å²) < 4.78 is 1.87. The Morgan fingerprint density at radius 2 is 1.76 bits per heavy atom. The van der Waals surface area contributed by atoms with Gasteiger partial charge in [-0.3, -0.25) is 14.9 Å². The number of aromatic nitrogens is 1. The first kappa shape index (κ1) is 13.1. The molecule has 5 heteroatoms. The molecule has 0 radical (unpaired) electrons. The minimum absolute atomic E-state index is 0.0158. The number of rotatable bonds is 4. The highest BCUT2D eigenvalue weighted by Gasteiger charge is 2.11. The first-order valence-electron chi connectivity index (χ1n) is 6.47. The number of nitro groups is 1. The van der Waals surface area contributed by atoms with Crippen LogP contribution in [0.2, 0.25) is 0 Å². The summed E-state index contributed by atoms with van der Waals surface area (Å²) in [6.45, 7) is 0.214. The first-order chi connectivity index (χ1) is 10.1. The summed E-state index contributed by atoms with van der Waals surface area (Å²) in [5.74, 6) is -0.0775. The molecule has 0 saturated heterocycles. The number of nitrogens with zero attached hydrogens (tertiary/aromatic N) is 2. The highest BCUT2D eigenvalue weighted by atomic mass is 16.6. The van der Waals surface area contributed by atoms with Gasteiger partial charge in [-0.2, -0.15) is 0 Å². The van der Waals surface area contributed by atoms with Crippen molar-refractivity contribution in [2.75, 3.05) is 0 Å². The number of hydrogen-bond donors (Lipinski definition) is 0. The van der Waals surface area contributed by atoms with Crippen molar-refractivity contribution in [1.82, 2.24) is 4.57 Å². The lowest BCUT2D eigenvalue weighted by Gasteiger charge is -2.05. The topological polar surface area (TPSA) is 65.1 Å². The Morgan fingerprint density at radius 1 is 1.05 bits per heavy atom. The Bertz CT molecular complexity index is 819. The third-order valence-electron chi connectivity index (χ3n) is 3.39. The molecule has 0 atom stereocenters. The van der Waals surface area contributed by atoms with Crippen LogP contribution in [0.5, 0.6) is 0 Å². The van der Waals surface area contributed by atoms with Gasteiger partial charge in [-0.05, 0) is 29.7 Å². The average Bonchev–Trinajstić information content (AvgIpc) is 2.91. The van der Waals surface area contributed by atoms with E-state index in [0.717, 1.165) is 10.9 Å². The number of carbonyl (C=O) groups excluding carboxylic acids is 1. The van der Waals surface area contributed by atoms with Crippen LogP contribution in [0.3, 0.4) is 0 Å². The second-order valence-electron chi connectivity index (χ2n) is 4.73. The van der Waals surface area contributed by atoms with Gasteiger partial charge >= 0.3 is 0 Å². The molecular formula is C16H12N2O3. The van der Waals surface area contributed by atoms with Crippen LogP contribution in [-0.4, -0.2) is 15.3 Å². The van der Waals surface area contributed by atoms with Crippen LogP contribution in [0, 0.1) is 10.1 Å². The summed E-state index contributed by atoms with van der Waals surface area (Å²) in [6.07, 6.45) is 1.87. The van der Waals surface area contributed by atoms with Crippen LogP contribution >= 0.6 is 0 Å². The third-order valence-corrected chi connectivity index (χ3v) is 3.39. The van der Waals surface area contributed by atoms with Gasteiger partial charge in [0.25, 0.3) is 5.69 Å². The van der Waals surface area contributed by atoms with Crippen molar-refractivity contribution in [3.8, 4) is 0 Å². The van der Waals surface area contributed by atoms with Crippen LogP contribution in [0.15, 0.2) is 60.8 Å². The molecule has 3 aromatic rings. The summed E-state index contributed by atoms with van der Waals surface area (Å²) in [4.78, 5) is 22.4. The molecule has 0 amide bonds. The third kappa shape index (κ3) is 2.53. The van der Waals surface area contributed by atoms with Crippen LogP contribution in [0.1, 0.15) is 10.4 Å². The van der Waals surface area contributed by atoms with E-state index in [4.69, 9.17) is 0 Å². The quantitative estimate of drug-likeness (QED) is 0.418. The number of Topliss-reactive ketones (excluding diaryl/α,β-unsaturated/α-hetero) is 1. The number of hydrogen-bond acceptors (Lipinski definition) is 3. The predicted octanol–water partition coefficient (Wildman–Crippen LogP) is 3.43. The lowest BCUT2D eigenvalue weighted by Crippen LogP contribution is -2.09. The smallest absolute Gasteiger partial charge is 0.269 e. The molecule has 2 aromatic carbocycles. The number of benzene rings is 2. The monoisotopic (exact) mass is 280 g/mol. The van der Waals surface area contributed by atoms with Crippen molar-refractivity contribution < 1.29 is 9.72 Å². The maximum absolute atomic E-state index is 12.2. The highest BCUT2D eigenvalue weighted by molar-refractivity contribution is 5.97. The van der Waals surface area contributed by atoms with Gasteiger partial charge in [0.2, 0.25) is 0 Å². The number of fused-ring (bicyclic) bond motifs is 1. The van der Waals surface area contributed by atoms with E-state index in [1.165, 1.54) is 24.3 Å². The standard InChI is InChI=1S/C16H12N2O3/c19-16(13-5-7-14(8-6-13)18(20)21)11-17-10-9-12-3-1-2-4-15(12)17/h1-10H,11H2. The SMILES string of the molecule is O=C(Cn1ccc2ccccc21)c1ccc([N+](=O)[O-])cc1. The second kappa shape index (κ2) is 5.20. The van der Waals surface area contributed by atoms with Crippen molar-refractivity contribution in [3.05, 3.63) is 76.5 Å². The molecule has 0 N–H and O–H groups in total. The molecule has 21 heavy (non-hydrogen) atoms. The van der Waals surface area contributed by atoms with Gasteiger partial charge < -0.3 is 4.57 Å². The van der Waals surface area contributed by atoms with Gasteiger partial charge in [0, 0.05) is 29.4 Å². The molecule has 0 bridgehead atoms. The minimum Gasteiger partial charge on any atom is -0.340 e. The van der Waals surface area contributed by atoms with E-state index in [9.17, 15) is 14.9 Å². The Hall–Kier alpha value is -2.95. The average molecular weight is 280 g/mol. The lowest BCUT2D eigenvalue weighted by atomic mass is 10.1. The van der Waals surface area contributed by atoms with Gasteiger partial charge in [-0.25, -0.2) is 0 Å². The zero-order valence-electron chi connectivity index (χ0n) is 11.1.